The molecule has 1 aromatic rings. The van der Waals surface area contributed by atoms with Crippen LogP contribution in [0.1, 0.15) is 12.5 Å². The molecule has 0 bridgehead atoms. The van der Waals surface area contributed by atoms with E-state index >= 15 is 0 Å². The molecule has 1 aromatic carbocycles. The quantitative estimate of drug-likeness (QED) is 0.353. The summed E-state index contributed by atoms with van der Waals surface area (Å²) < 4.78 is 9.97. The van der Waals surface area contributed by atoms with Crippen molar-refractivity contribution in [2.24, 2.45) is 0 Å². The van der Waals surface area contributed by atoms with Crippen LogP contribution >= 0.6 is 0 Å². The SMILES string of the molecule is COC(=O)/C(C)=C/COc1ccc([N+](=O)[O-])cc1C. The number of hydrogen-bond acceptors (Lipinski definition) is 5. The molecule has 0 heterocycles. The van der Waals surface area contributed by atoms with Gasteiger partial charge in [0.2, 0.25) is 0 Å². The maximum atomic E-state index is 11.1. The summed E-state index contributed by atoms with van der Waals surface area (Å²) in [5.41, 5.74) is 1.13. The highest BCUT2D eigenvalue weighted by Gasteiger charge is 2.08. The molecular formula is C13H15NO5. The smallest absolute Gasteiger partial charge is 0.333 e. The van der Waals surface area contributed by atoms with Crippen LogP contribution in [-0.2, 0) is 9.53 Å². The fraction of sp³-hybridized carbons (Fsp3) is 0.308. The van der Waals surface area contributed by atoms with Gasteiger partial charge in [0.15, 0.2) is 0 Å². The zero-order valence-electron chi connectivity index (χ0n) is 11.0. The van der Waals surface area contributed by atoms with E-state index in [1.54, 1.807) is 19.9 Å². The number of non-ortho nitro benzene ring substituents is 1. The van der Waals surface area contributed by atoms with Crippen molar-refractivity contribution in [2.45, 2.75) is 13.8 Å². The molecule has 19 heavy (non-hydrogen) atoms. The molecule has 0 spiro atoms. The number of hydrogen-bond donors (Lipinski definition) is 0. The summed E-state index contributed by atoms with van der Waals surface area (Å²) >= 11 is 0. The van der Waals surface area contributed by atoms with Gasteiger partial charge < -0.3 is 9.47 Å². The Morgan fingerprint density at radius 3 is 2.68 bits per heavy atom. The monoisotopic (exact) mass is 265 g/mol. The number of nitro benzene ring substituents is 1. The number of methoxy groups -OCH3 is 1. The lowest BCUT2D eigenvalue weighted by Crippen LogP contribution is -2.04. The van der Waals surface area contributed by atoms with Crippen LogP contribution < -0.4 is 4.74 Å². The number of ether oxygens (including phenoxy) is 2. The minimum absolute atomic E-state index is 0.0196. The summed E-state index contributed by atoms with van der Waals surface area (Å²) in [6, 6.07) is 4.35. The van der Waals surface area contributed by atoms with Gasteiger partial charge >= 0.3 is 5.97 Å². The Morgan fingerprint density at radius 1 is 1.47 bits per heavy atom. The van der Waals surface area contributed by atoms with E-state index < -0.39 is 10.9 Å². The molecule has 0 fully saturated rings. The van der Waals surface area contributed by atoms with Crippen molar-refractivity contribution in [3.8, 4) is 5.75 Å². The Balaban J connectivity index is 2.69. The number of nitrogens with zero attached hydrogens (tertiary/aromatic N) is 1. The van der Waals surface area contributed by atoms with Crippen molar-refractivity contribution in [3.63, 3.8) is 0 Å². The summed E-state index contributed by atoms with van der Waals surface area (Å²) in [6.45, 7) is 3.54. The van der Waals surface area contributed by atoms with Gasteiger partial charge in [-0.25, -0.2) is 4.79 Å². The maximum absolute atomic E-state index is 11.1. The Morgan fingerprint density at radius 2 is 2.16 bits per heavy atom. The van der Waals surface area contributed by atoms with Crippen LogP contribution in [0.4, 0.5) is 5.69 Å². The number of carbonyl (C=O) groups excluding carboxylic acids is 1. The second-order valence-electron chi connectivity index (χ2n) is 3.90. The molecule has 0 aliphatic carbocycles. The highest BCUT2D eigenvalue weighted by Crippen LogP contribution is 2.23. The first-order valence-corrected chi connectivity index (χ1v) is 5.58. The molecule has 0 radical (unpaired) electrons. The first kappa shape index (κ1) is 14.7. The lowest BCUT2D eigenvalue weighted by Gasteiger charge is -2.07. The number of rotatable bonds is 5. The number of esters is 1. The van der Waals surface area contributed by atoms with Crippen molar-refractivity contribution in [1.82, 2.24) is 0 Å². The fourth-order valence-corrected chi connectivity index (χ4v) is 1.41. The lowest BCUT2D eigenvalue weighted by molar-refractivity contribution is -0.384. The number of carbonyl (C=O) groups is 1. The third-order valence-electron chi connectivity index (χ3n) is 2.51. The van der Waals surface area contributed by atoms with E-state index in [2.05, 4.69) is 4.74 Å². The Hall–Kier alpha value is -2.37. The number of aryl methyl sites for hydroxylation is 1. The normalized spacial score (nSPS) is 11.0. The second kappa shape index (κ2) is 6.53. The van der Waals surface area contributed by atoms with Crippen molar-refractivity contribution < 1.29 is 19.2 Å². The maximum Gasteiger partial charge on any atom is 0.333 e. The molecule has 6 nitrogen and oxygen atoms in total. The van der Waals surface area contributed by atoms with Gasteiger partial charge in [0, 0.05) is 17.7 Å². The Labute approximate surface area is 110 Å². The third-order valence-corrected chi connectivity index (χ3v) is 2.51. The predicted molar refractivity (Wildman–Crippen MR) is 69.1 cm³/mol. The summed E-state index contributed by atoms with van der Waals surface area (Å²) in [5.74, 6) is 0.128. The van der Waals surface area contributed by atoms with Gasteiger partial charge in [0.05, 0.1) is 12.0 Å². The van der Waals surface area contributed by atoms with Gasteiger partial charge in [0.25, 0.3) is 5.69 Å². The van der Waals surface area contributed by atoms with E-state index in [0.717, 1.165) is 0 Å². The van der Waals surface area contributed by atoms with Crippen LogP contribution in [0.15, 0.2) is 29.8 Å². The molecule has 0 aliphatic rings. The van der Waals surface area contributed by atoms with Crippen molar-refractivity contribution in [1.29, 1.82) is 0 Å². The topological polar surface area (TPSA) is 78.7 Å². The summed E-state index contributed by atoms with van der Waals surface area (Å²) in [7, 11) is 1.31. The van der Waals surface area contributed by atoms with Gasteiger partial charge in [-0.1, -0.05) is 0 Å². The summed E-state index contributed by atoms with van der Waals surface area (Å²) in [4.78, 5) is 21.2. The molecule has 6 heteroatoms. The van der Waals surface area contributed by atoms with Crippen LogP contribution in [0.3, 0.4) is 0 Å². The van der Waals surface area contributed by atoms with E-state index in [0.29, 0.717) is 16.9 Å². The molecule has 0 aromatic heterocycles. The highest BCUT2D eigenvalue weighted by molar-refractivity contribution is 5.87. The molecule has 0 N–H and O–H groups in total. The number of nitro groups is 1. The van der Waals surface area contributed by atoms with E-state index in [-0.39, 0.29) is 12.3 Å². The first-order chi connectivity index (χ1) is 8.95. The van der Waals surface area contributed by atoms with Gasteiger partial charge in [-0.2, -0.15) is 0 Å². The van der Waals surface area contributed by atoms with Crippen molar-refractivity contribution >= 4 is 11.7 Å². The lowest BCUT2D eigenvalue weighted by atomic mass is 10.2. The zero-order valence-corrected chi connectivity index (χ0v) is 11.0. The average molecular weight is 265 g/mol. The highest BCUT2D eigenvalue weighted by atomic mass is 16.6. The molecule has 0 atom stereocenters. The van der Waals surface area contributed by atoms with Crippen LogP contribution in [0, 0.1) is 17.0 Å². The third kappa shape index (κ3) is 4.09. The van der Waals surface area contributed by atoms with Crippen LogP contribution in [0.2, 0.25) is 0 Å². The summed E-state index contributed by atoms with van der Waals surface area (Å²) in [5, 5.41) is 10.6. The standard InChI is InChI=1S/C13H15NO5/c1-9(13(15)18-3)6-7-19-12-5-4-11(14(16)17)8-10(12)2/h4-6,8H,7H2,1-3H3/b9-6+. The van der Waals surface area contributed by atoms with E-state index in [9.17, 15) is 14.9 Å². The minimum atomic E-state index is -0.460. The van der Waals surface area contributed by atoms with E-state index in [1.165, 1.54) is 25.3 Å². The predicted octanol–water partition coefficient (Wildman–Crippen LogP) is 2.40. The van der Waals surface area contributed by atoms with Crippen molar-refractivity contribution in [3.05, 3.63) is 45.5 Å². The van der Waals surface area contributed by atoms with Crippen LogP contribution in [0.5, 0.6) is 5.75 Å². The minimum Gasteiger partial charge on any atom is -0.489 e. The number of benzene rings is 1. The molecule has 0 amide bonds. The largest absolute Gasteiger partial charge is 0.489 e. The first-order valence-electron chi connectivity index (χ1n) is 5.58. The molecule has 0 saturated heterocycles. The molecule has 1 rings (SSSR count). The van der Waals surface area contributed by atoms with Crippen LogP contribution in [0.25, 0.3) is 0 Å². The average Bonchev–Trinajstić information content (AvgIpc) is 2.39. The fourth-order valence-electron chi connectivity index (χ4n) is 1.41. The Kier molecular flexibility index (Phi) is 5.05. The van der Waals surface area contributed by atoms with Gasteiger partial charge in [0.1, 0.15) is 12.4 Å². The van der Waals surface area contributed by atoms with Gasteiger partial charge in [-0.3, -0.25) is 10.1 Å². The Bertz CT molecular complexity index is 522. The van der Waals surface area contributed by atoms with E-state index in [4.69, 9.17) is 4.74 Å². The second-order valence-corrected chi connectivity index (χ2v) is 3.90. The van der Waals surface area contributed by atoms with Crippen LogP contribution in [-0.4, -0.2) is 24.6 Å². The van der Waals surface area contributed by atoms with E-state index in [1.807, 2.05) is 0 Å². The summed E-state index contributed by atoms with van der Waals surface area (Å²) in [6.07, 6.45) is 1.59. The molecule has 0 unspecified atom stereocenters. The molecule has 102 valence electrons. The molecule has 0 saturated carbocycles. The van der Waals surface area contributed by atoms with Gasteiger partial charge in [-0.15, -0.1) is 0 Å². The van der Waals surface area contributed by atoms with Gasteiger partial charge in [-0.05, 0) is 31.6 Å². The zero-order chi connectivity index (χ0) is 14.4. The molecule has 0 aliphatic heterocycles. The molecular weight excluding hydrogens is 250 g/mol. The van der Waals surface area contributed by atoms with Crippen molar-refractivity contribution in [2.75, 3.05) is 13.7 Å².